The fourth-order valence-electron chi connectivity index (χ4n) is 1.65. The summed E-state index contributed by atoms with van der Waals surface area (Å²) in [7, 11) is 0. The van der Waals surface area contributed by atoms with Crippen molar-refractivity contribution < 1.29 is 8.94 Å². The third kappa shape index (κ3) is 2.39. The smallest absolute Gasteiger partial charge is 0.269 e. The Bertz CT molecular complexity index is 791. The molecular formula is C14H9N3O2S. The summed E-state index contributed by atoms with van der Waals surface area (Å²) in [5, 5.41) is 15.0. The molecule has 0 aliphatic rings. The molecule has 0 saturated carbocycles. The van der Waals surface area contributed by atoms with Gasteiger partial charge in [0.15, 0.2) is 0 Å². The van der Waals surface area contributed by atoms with Crippen LogP contribution in [0.5, 0.6) is 0 Å². The monoisotopic (exact) mass is 283 g/mol. The van der Waals surface area contributed by atoms with Crippen molar-refractivity contribution in [1.82, 2.24) is 10.1 Å². The Morgan fingerprint density at radius 2 is 2.30 bits per heavy atom. The number of aromatic nitrogens is 2. The summed E-state index contributed by atoms with van der Waals surface area (Å²) >= 11 is 1.51. The molecule has 3 rings (SSSR count). The van der Waals surface area contributed by atoms with Crippen LogP contribution < -0.4 is 0 Å². The first-order chi connectivity index (χ1) is 9.76. The highest BCUT2D eigenvalue weighted by molar-refractivity contribution is 7.13. The Labute approximate surface area is 118 Å². The maximum atomic E-state index is 9.20. The van der Waals surface area contributed by atoms with Crippen LogP contribution in [0.15, 0.2) is 38.6 Å². The summed E-state index contributed by atoms with van der Waals surface area (Å²) in [5.74, 6) is 2.02. The third-order valence-corrected chi connectivity index (χ3v) is 3.43. The number of nitrogens with zero attached hydrogens (tertiary/aromatic N) is 3. The second-order valence-electron chi connectivity index (χ2n) is 4.02. The van der Waals surface area contributed by atoms with Crippen LogP contribution in [-0.4, -0.2) is 10.1 Å². The molecule has 0 saturated heterocycles. The molecule has 20 heavy (non-hydrogen) atoms. The van der Waals surface area contributed by atoms with E-state index in [1.54, 1.807) is 12.1 Å². The van der Waals surface area contributed by atoms with Crippen LogP contribution in [0.25, 0.3) is 22.4 Å². The summed E-state index contributed by atoms with van der Waals surface area (Å²) in [6.07, 6.45) is 1.58. The maximum Gasteiger partial charge on any atom is 0.269 e. The van der Waals surface area contributed by atoms with Gasteiger partial charge in [0.1, 0.15) is 23.2 Å². The van der Waals surface area contributed by atoms with Crippen molar-refractivity contribution in [2.75, 3.05) is 0 Å². The summed E-state index contributed by atoms with van der Waals surface area (Å²) in [5.41, 5.74) is 0.273. The Morgan fingerprint density at radius 1 is 1.40 bits per heavy atom. The number of rotatable bonds is 3. The van der Waals surface area contributed by atoms with E-state index in [0.717, 1.165) is 10.6 Å². The minimum absolute atomic E-state index is 0.185. The fourth-order valence-corrected chi connectivity index (χ4v) is 2.30. The van der Waals surface area contributed by atoms with E-state index >= 15 is 0 Å². The molecule has 3 aromatic rings. The van der Waals surface area contributed by atoms with E-state index in [1.807, 2.05) is 36.6 Å². The predicted octanol–water partition coefficient (Wildman–Crippen LogP) is 3.76. The van der Waals surface area contributed by atoms with Gasteiger partial charge < -0.3 is 8.94 Å². The van der Waals surface area contributed by atoms with Gasteiger partial charge in [-0.25, -0.2) is 0 Å². The quantitative estimate of drug-likeness (QED) is 0.684. The number of nitriles is 1. The number of allylic oxidation sites excluding steroid dienone is 1. The molecule has 6 heteroatoms. The number of thiophene rings is 1. The zero-order valence-corrected chi connectivity index (χ0v) is 11.3. The van der Waals surface area contributed by atoms with Crippen LogP contribution in [0.2, 0.25) is 0 Å². The highest BCUT2D eigenvalue weighted by Gasteiger charge is 2.14. The SMILES string of the molecule is Cc1ccc(/C=C(\C#N)c2nc(-c3cccs3)no2)o1. The van der Waals surface area contributed by atoms with E-state index in [9.17, 15) is 5.26 Å². The van der Waals surface area contributed by atoms with Crippen LogP contribution in [-0.2, 0) is 0 Å². The number of hydrogen-bond donors (Lipinski definition) is 0. The summed E-state index contributed by atoms with van der Waals surface area (Å²) in [6.45, 7) is 1.84. The van der Waals surface area contributed by atoms with Crippen molar-refractivity contribution >= 4 is 23.0 Å². The van der Waals surface area contributed by atoms with E-state index < -0.39 is 0 Å². The Hall–Kier alpha value is -2.65. The first kappa shape index (κ1) is 12.4. The molecule has 0 radical (unpaired) electrons. The van der Waals surface area contributed by atoms with Gasteiger partial charge in [0.05, 0.1) is 4.88 Å². The molecule has 0 N–H and O–H groups in total. The largest absolute Gasteiger partial charge is 0.462 e. The maximum absolute atomic E-state index is 9.20. The molecule has 0 unspecified atom stereocenters. The van der Waals surface area contributed by atoms with Gasteiger partial charge in [0.25, 0.3) is 5.89 Å². The molecule has 3 heterocycles. The van der Waals surface area contributed by atoms with E-state index in [2.05, 4.69) is 10.1 Å². The van der Waals surface area contributed by atoms with Gasteiger partial charge in [-0.15, -0.1) is 11.3 Å². The second kappa shape index (κ2) is 5.15. The van der Waals surface area contributed by atoms with Crippen LogP contribution in [0, 0.1) is 18.3 Å². The second-order valence-corrected chi connectivity index (χ2v) is 4.97. The minimum Gasteiger partial charge on any atom is -0.462 e. The highest BCUT2D eigenvalue weighted by Crippen LogP contribution is 2.24. The third-order valence-electron chi connectivity index (χ3n) is 2.57. The van der Waals surface area contributed by atoms with E-state index in [-0.39, 0.29) is 11.5 Å². The Morgan fingerprint density at radius 3 is 2.95 bits per heavy atom. The molecule has 98 valence electrons. The molecule has 3 aromatic heterocycles. The van der Waals surface area contributed by atoms with Crippen molar-refractivity contribution in [3.8, 4) is 16.8 Å². The number of hydrogen-bond acceptors (Lipinski definition) is 6. The van der Waals surface area contributed by atoms with Crippen molar-refractivity contribution in [2.24, 2.45) is 0 Å². The lowest BCUT2D eigenvalue weighted by Gasteiger charge is -1.89. The molecule has 0 fully saturated rings. The standard InChI is InChI=1S/C14H9N3O2S/c1-9-4-5-11(18-9)7-10(8-15)14-16-13(17-19-14)12-3-2-6-20-12/h2-7H,1H3/b10-7+. The lowest BCUT2D eigenvalue weighted by molar-refractivity contribution is 0.409. The van der Waals surface area contributed by atoms with Crippen LogP contribution in [0.1, 0.15) is 17.4 Å². The van der Waals surface area contributed by atoms with Gasteiger partial charge in [-0.05, 0) is 30.5 Å². The molecule has 0 atom stereocenters. The van der Waals surface area contributed by atoms with Crippen LogP contribution in [0.4, 0.5) is 0 Å². The van der Waals surface area contributed by atoms with Crippen molar-refractivity contribution in [3.05, 3.63) is 47.1 Å². The molecular weight excluding hydrogens is 274 g/mol. The van der Waals surface area contributed by atoms with Crippen molar-refractivity contribution in [1.29, 1.82) is 5.26 Å². The molecule has 0 aromatic carbocycles. The van der Waals surface area contributed by atoms with E-state index in [1.165, 1.54) is 11.3 Å². The van der Waals surface area contributed by atoms with Gasteiger partial charge in [-0.3, -0.25) is 0 Å². The number of furan rings is 1. The predicted molar refractivity (Wildman–Crippen MR) is 74.5 cm³/mol. The first-order valence-electron chi connectivity index (χ1n) is 5.82. The zero-order valence-electron chi connectivity index (χ0n) is 10.5. The van der Waals surface area contributed by atoms with Crippen LogP contribution in [0.3, 0.4) is 0 Å². The van der Waals surface area contributed by atoms with E-state index in [0.29, 0.717) is 11.6 Å². The normalized spacial score (nSPS) is 11.5. The van der Waals surface area contributed by atoms with Gasteiger partial charge in [-0.1, -0.05) is 11.2 Å². The van der Waals surface area contributed by atoms with Crippen molar-refractivity contribution in [3.63, 3.8) is 0 Å². The molecule has 0 aliphatic heterocycles. The summed E-state index contributed by atoms with van der Waals surface area (Å²) < 4.78 is 10.5. The molecule has 5 nitrogen and oxygen atoms in total. The molecule has 0 bridgehead atoms. The summed E-state index contributed by atoms with van der Waals surface area (Å²) in [6, 6.07) is 9.45. The van der Waals surface area contributed by atoms with E-state index in [4.69, 9.17) is 8.94 Å². The van der Waals surface area contributed by atoms with Gasteiger partial charge in [0.2, 0.25) is 5.82 Å². The lowest BCUT2D eigenvalue weighted by atomic mass is 10.2. The fraction of sp³-hybridized carbons (Fsp3) is 0.0714. The first-order valence-corrected chi connectivity index (χ1v) is 6.70. The lowest BCUT2D eigenvalue weighted by Crippen LogP contribution is -1.81. The minimum atomic E-state index is 0.185. The molecule has 0 spiro atoms. The average Bonchev–Trinajstić information content (AvgIpc) is 3.17. The Balaban J connectivity index is 1.95. The highest BCUT2D eigenvalue weighted by atomic mass is 32.1. The molecule has 0 amide bonds. The van der Waals surface area contributed by atoms with Crippen LogP contribution >= 0.6 is 11.3 Å². The van der Waals surface area contributed by atoms with Crippen molar-refractivity contribution in [2.45, 2.75) is 6.92 Å². The topological polar surface area (TPSA) is 75.8 Å². The van der Waals surface area contributed by atoms with Gasteiger partial charge in [-0.2, -0.15) is 10.2 Å². The summed E-state index contributed by atoms with van der Waals surface area (Å²) in [4.78, 5) is 5.12. The molecule has 0 aliphatic carbocycles. The Kier molecular flexibility index (Phi) is 3.19. The van der Waals surface area contributed by atoms with Gasteiger partial charge in [0, 0.05) is 6.08 Å². The number of aryl methyl sites for hydroxylation is 1. The average molecular weight is 283 g/mol. The van der Waals surface area contributed by atoms with Gasteiger partial charge >= 0.3 is 0 Å². The zero-order chi connectivity index (χ0) is 13.9.